The van der Waals surface area contributed by atoms with E-state index in [4.69, 9.17) is 9.47 Å². The highest BCUT2D eigenvalue weighted by atomic mass is 16.7. The molecule has 0 atom stereocenters. The Bertz CT molecular complexity index is 864. The SMILES string of the molecule is O=C(CCC1CCN(C(=O)c2ccc3c(c2)OCO3)CC1)NCc1cccnc1. The van der Waals surface area contributed by atoms with E-state index in [1.54, 1.807) is 30.6 Å². The molecule has 1 saturated heterocycles. The number of nitrogens with zero attached hydrogens (tertiary/aromatic N) is 2. The second-order valence-electron chi connectivity index (χ2n) is 7.48. The maximum atomic E-state index is 12.8. The minimum Gasteiger partial charge on any atom is -0.454 e. The molecule has 0 unspecified atom stereocenters. The number of ether oxygens (including phenoxy) is 2. The van der Waals surface area contributed by atoms with Gasteiger partial charge < -0.3 is 19.7 Å². The van der Waals surface area contributed by atoms with Gasteiger partial charge in [-0.05, 0) is 55.0 Å². The summed E-state index contributed by atoms with van der Waals surface area (Å²) in [6, 6.07) is 9.13. The predicted molar refractivity (Wildman–Crippen MR) is 107 cm³/mol. The molecule has 0 saturated carbocycles. The van der Waals surface area contributed by atoms with E-state index >= 15 is 0 Å². The van der Waals surface area contributed by atoms with E-state index in [-0.39, 0.29) is 18.6 Å². The molecule has 0 bridgehead atoms. The van der Waals surface area contributed by atoms with Crippen molar-refractivity contribution >= 4 is 11.8 Å². The fourth-order valence-electron chi connectivity index (χ4n) is 3.76. The van der Waals surface area contributed by atoms with E-state index in [0.717, 1.165) is 37.9 Å². The molecule has 3 heterocycles. The average Bonchev–Trinajstić information content (AvgIpc) is 3.25. The molecule has 1 aromatic carbocycles. The largest absolute Gasteiger partial charge is 0.454 e. The lowest BCUT2D eigenvalue weighted by Gasteiger charge is -2.32. The standard InChI is InChI=1S/C22H25N3O4/c26-21(24-14-17-2-1-9-23-13-17)6-3-16-7-10-25(11-8-16)22(27)18-4-5-19-20(12-18)29-15-28-19/h1-2,4-5,9,12-13,16H,3,6-8,10-11,14-15H2,(H,24,26). The van der Waals surface area contributed by atoms with Crippen LogP contribution >= 0.6 is 0 Å². The van der Waals surface area contributed by atoms with E-state index in [1.807, 2.05) is 17.0 Å². The first-order valence-electron chi connectivity index (χ1n) is 10.0. The van der Waals surface area contributed by atoms with Crippen LogP contribution in [0.15, 0.2) is 42.7 Å². The lowest BCUT2D eigenvalue weighted by molar-refractivity contribution is -0.121. The van der Waals surface area contributed by atoms with Crippen LogP contribution in [0.4, 0.5) is 0 Å². The molecule has 29 heavy (non-hydrogen) atoms. The molecule has 2 aromatic rings. The first kappa shape index (κ1) is 19.2. The van der Waals surface area contributed by atoms with Crippen LogP contribution in [0.2, 0.25) is 0 Å². The maximum absolute atomic E-state index is 12.8. The number of fused-ring (bicyclic) bond motifs is 1. The van der Waals surface area contributed by atoms with Gasteiger partial charge in [0.2, 0.25) is 12.7 Å². The number of likely N-dealkylation sites (tertiary alicyclic amines) is 1. The number of nitrogens with one attached hydrogen (secondary N) is 1. The van der Waals surface area contributed by atoms with Crippen LogP contribution in [-0.2, 0) is 11.3 Å². The van der Waals surface area contributed by atoms with Crippen molar-refractivity contribution in [2.45, 2.75) is 32.2 Å². The number of amides is 2. The summed E-state index contributed by atoms with van der Waals surface area (Å²) in [6.45, 7) is 2.15. The summed E-state index contributed by atoms with van der Waals surface area (Å²) in [5.41, 5.74) is 1.62. The second kappa shape index (κ2) is 8.94. The highest BCUT2D eigenvalue weighted by molar-refractivity contribution is 5.95. The Morgan fingerprint density at radius 1 is 1.14 bits per heavy atom. The summed E-state index contributed by atoms with van der Waals surface area (Å²) in [5, 5.41) is 2.94. The van der Waals surface area contributed by atoms with Gasteiger partial charge in [0.1, 0.15) is 0 Å². The third-order valence-corrected chi connectivity index (χ3v) is 5.51. The van der Waals surface area contributed by atoms with Crippen LogP contribution in [0.5, 0.6) is 11.5 Å². The average molecular weight is 395 g/mol. The fraction of sp³-hybridized carbons (Fsp3) is 0.409. The number of carbonyl (C=O) groups excluding carboxylic acids is 2. The molecule has 1 fully saturated rings. The van der Waals surface area contributed by atoms with Crippen LogP contribution in [0.3, 0.4) is 0 Å². The van der Waals surface area contributed by atoms with Crippen LogP contribution < -0.4 is 14.8 Å². The highest BCUT2D eigenvalue weighted by Crippen LogP contribution is 2.33. The molecule has 1 aromatic heterocycles. The summed E-state index contributed by atoms with van der Waals surface area (Å²) in [7, 11) is 0. The van der Waals surface area contributed by atoms with Crippen LogP contribution in [0, 0.1) is 5.92 Å². The molecule has 7 heteroatoms. The molecular formula is C22H25N3O4. The zero-order valence-electron chi connectivity index (χ0n) is 16.3. The quantitative estimate of drug-likeness (QED) is 0.814. The Hall–Kier alpha value is -3.09. The van der Waals surface area contributed by atoms with E-state index in [1.165, 1.54) is 0 Å². The normalized spacial score (nSPS) is 15.9. The summed E-state index contributed by atoms with van der Waals surface area (Å²) in [4.78, 5) is 30.8. The Morgan fingerprint density at radius 2 is 1.97 bits per heavy atom. The monoisotopic (exact) mass is 395 g/mol. The molecule has 4 rings (SSSR count). The molecule has 2 aliphatic heterocycles. The number of hydrogen-bond acceptors (Lipinski definition) is 5. The summed E-state index contributed by atoms with van der Waals surface area (Å²) < 4.78 is 10.7. The van der Waals surface area contributed by atoms with E-state index in [2.05, 4.69) is 10.3 Å². The van der Waals surface area contributed by atoms with Gasteiger partial charge in [0.15, 0.2) is 11.5 Å². The molecule has 0 aliphatic carbocycles. The van der Waals surface area contributed by atoms with Gasteiger partial charge in [-0.15, -0.1) is 0 Å². The summed E-state index contributed by atoms with van der Waals surface area (Å²) in [6.07, 6.45) is 6.69. The number of pyridine rings is 1. The maximum Gasteiger partial charge on any atom is 0.253 e. The second-order valence-corrected chi connectivity index (χ2v) is 7.48. The van der Waals surface area contributed by atoms with Gasteiger partial charge >= 0.3 is 0 Å². The third kappa shape index (κ3) is 4.85. The fourth-order valence-corrected chi connectivity index (χ4v) is 3.76. The molecule has 0 radical (unpaired) electrons. The van der Waals surface area contributed by atoms with Crippen LogP contribution in [0.1, 0.15) is 41.6 Å². The Balaban J connectivity index is 1.19. The van der Waals surface area contributed by atoms with Gasteiger partial charge in [0.25, 0.3) is 5.91 Å². The topological polar surface area (TPSA) is 80.8 Å². The first-order valence-corrected chi connectivity index (χ1v) is 10.0. The molecular weight excluding hydrogens is 370 g/mol. The van der Waals surface area contributed by atoms with Gasteiger partial charge in [-0.1, -0.05) is 6.07 Å². The van der Waals surface area contributed by atoms with Crippen molar-refractivity contribution in [3.05, 3.63) is 53.9 Å². The van der Waals surface area contributed by atoms with Crippen molar-refractivity contribution in [2.75, 3.05) is 19.9 Å². The number of hydrogen-bond donors (Lipinski definition) is 1. The third-order valence-electron chi connectivity index (χ3n) is 5.51. The Morgan fingerprint density at radius 3 is 2.76 bits per heavy atom. The highest BCUT2D eigenvalue weighted by Gasteiger charge is 2.25. The van der Waals surface area contributed by atoms with Gasteiger partial charge in [-0.3, -0.25) is 14.6 Å². The number of aromatic nitrogens is 1. The van der Waals surface area contributed by atoms with Crippen molar-refractivity contribution in [2.24, 2.45) is 5.92 Å². The van der Waals surface area contributed by atoms with Crippen LogP contribution in [-0.4, -0.2) is 41.6 Å². The smallest absolute Gasteiger partial charge is 0.253 e. The molecule has 1 N–H and O–H groups in total. The molecule has 7 nitrogen and oxygen atoms in total. The van der Waals surface area contributed by atoms with Gasteiger partial charge in [0, 0.05) is 44.0 Å². The van der Waals surface area contributed by atoms with E-state index in [0.29, 0.717) is 35.9 Å². The van der Waals surface area contributed by atoms with Gasteiger partial charge in [0.05, 0.1) is 0 Å². The van der Waals surface area contributed by atoms with Crippen molar-refractivity contribution in [3.8, 4) is 11.5 Å². The van der Waals surface area contributed by atoms with Crippen molar-refractivity contribution in [1.82, 2.24) is 15.2 Å². The van der Waals surface area contributed by atoms with Crippen molar-refractivity contribution < 1.29 is 19.1 Å². The number of carbonyl (C=O) groups is 2. The Labute approximate surface area is 170 Å². The van der Waals surface area contributed by atoms with Crippen molar-refractivity contribution in [3.63, 3.8) is 0 Å². The van der Waals surface area contributed by atoms with Crippen LogP contribution in [0.25, 0.3) is 0 Å². The van der Waals surface area contributed by atoms with E-state index < -0.39 is 0 Å². The molecule has 2 aliphatic rings. The van der Waals surface area contributed by atoms with Gasteiger partial charge in [-0.2, -0.15) is 0 Å². The molecule has 152 valence electrons. The lowest BCUT2D eigenvalue weighted by atomic mass is 9.91. The number of piperidine rings is 1. The summed E-state index contributed by atoms with van der Waals surface area (Å²) in [5.74, 6) is 1.87. The summed E-state index contributed by atoms with van der Waals surface area (Å²) >= 11 is 0. The minimum absolute atomic E-state index is 0.0240. The number of rotatable bonds is 6. The lowest BCUT2D eigenvalue weighted by Crippen LogP contribution is -2.38. The van der Waals surface area contributed by atoms with E-state index in [9.17, 15) is 9.59 Å². The molecule has 0 spiro atoms. The zero-order valence-corrected chi connectivity index (χ0v) is 16.3. The molecule has 2 amide bonds. The number of benzene rings is 1. The zero-order chi connectivity index (χ0) is 20.1. The Kier molecular flexibility index (Phi) is 5.93. The first-order chi connectivity index (χ1) is 14.2. The van der Waals surface area contributed by atoms with Crippen molar-refractivity contribution in [1.29, 1.82) is 0 Å². The minimum atomic E-state index is 0.0240. The van der Waals surface area contributed by atoms with Gasteiger partial charge in [-0.25, -0.2) is 0 Å². The predicted octanol–water partition coefficient (Wildman–Crippen LogP) is 2.76.